The maximum atomic E-state index is 13.2. The van der Waals surface area contributed by atoms with Crippen LogP contribution in [0.15, 0.2) is 24.3 Å². The third kappa shape index (κ3) is 5.67. The normalized spacial score (nSPS) is 23.1. The third-order valence-corrected chi connectivity index (χ3v) is 8.09. The van der Waals surface area contributed by atoms with E-state index in [0.717, 1.165) is 70.0 Å². The molecule has 2 saturated carbocycles. The van der Waals surface area contributed by atoms with Gasteiger partial charge in [0, 0.05) is 36.4 Å². The molecule has 2 amide bonds. The lowest BCUT2D eigenvalue weighted by atomic mass is 9.80. The minimum atomic E-state index is -0.397. The molecule has 33 heavy (non-hydrogen) atoms. The number of carbonyl (C=O) groups excluding carboxylic acids is 3. The van der Waals surface area contributed by atoms with Gasteiger partial charge >= 0.3 is 0 Å². The predicted octanol–water partition coefficient (Wildman–Crippen LogP) is 5.10. The number of nitrogens with one attached hydrogen (secondary N) is 1. The summed E-state index contributed by atoms with van der Waals surface area (Å²) in [6.45, 7) is 5.44. The molecule has 2 atom stereocenters. The Bertz CT molecular complexity index is 854. The van der Waals surface area contributed by atoms with Crippen molar-refractivity contribution in [1.29, 1.82) is 0 Å². The fourth-order valence-corrected chi connectivity index (χ4v) is 5.77. The van der Waals surface area contributed by atoms with E-state index in [1.54, 1.807) is 0 Å². The Labute approximate surface area is 198 Å². The molecule has 5 heteroatoms. The highest BCUT2D eigenvalue weighted by Crippen LogP contribution is 2.33. The molecule has 2 unspecified atom stereocenters. The fraction of sp³-hybridized carbons (Fsp3) is 0.679. The van der Waals surface area contributed by atoms with Gasteiger partial charge in [-0.15, -0.1) is 0 Å². The molecule has 2 aliphatic carbocycles. The van der Waals surface area contributed by atoms with Gasteiger partial charge in [-0.25, -0.2) is 0 Å². The first kappa shape index (κ1) is 24.0. The average molecular weight is 453 g/mol. The summed E-state index contributed by atoms with van der Waals surface area (Å²) in [5, 5.41) is 3.12. The largest absolute Gasteiger partial charge is 0.342 e. The maximum absolute atomic E-state index is 13.2. The molecule has 1 saturated heterocycles. The molecule has 3 fully saturated rings. The highest BCUT2D eigenvalue weighted by molar-refractivity contribution is 5.98. The number of piperidine rings is 1. The molecule has 1 heterocycles. The van der Waals surface area contributed by atoms with E-state index in [2.05, 4.69) is 11.4 Å². The van der Waals surface area contributed by atoms with Crippen LogP contribution < -0.4 is 5.32 Å². The van der Waals surface area contributed by atoms with Gasteiger partial charge in [-0.1, -0.05) is 51.7 Å². The number of hydrogen-bond acceptors (Lipinski definition) is 3. The maximum Gasteiger partial charge on any atom is 0.251 e. The Balaban J connectivity index is 1.45. The predicted molar refractivity (Wildman–Crippen MR) is 130 cm³/mol. The Kier molecular flexibility index (Phi) is 7.87. The van der Waals surface area contributed by atoms with Crippen molar-refractivity contribution in [3.8, 4) is 0 Å². The second kappa shape index (κ2) is 10.8. The number of likely N-dealkylation sites (tertiary alicyclic amines) is 1. The molecular weight excluding hydrogens is 412 g/mol. The Hall–Kier alpha value is -2.17. The summed E-state index contributed by atoms with van der Waals surface area (Å²) in [6.07, 6.45) is 10.8. The Morgan fingerprint density at radius 3 is 2.36 bits per heavy atom. The van der Waals surface area contributed by atoms with Gasteiger partial charge in [0.1, 0.15) is 0 Å². The highest BCUT2D eigenvalue weighted by atomic mass is 16.2. The molecule has 1 aromatic carbocycles. The number of amides is 2. The number of nitrogens with zero attached hydrogens (tertiary/aromatic N) is 1. The van der Waals surface area contributed by atoms with Gasteiger partial charge in [0.05, 0.1) is 6.04 Å². The lowest BCUT2D eigenvalue weighted by Gasteiger charge is -2.37. The molecule has 0 radical (unpaired) electrons. The van der Waals surface area contributed by atoms with Crippen molar-refractivity contribution >= 4 is 17.6 Å². The van der Waals surface area contributed by atoms with E-state index in [1.165, 1.54) is 12.8 Å². The second-order valence-corrected chi connectivity index (χ2v) is 10.8. The zero-order valence-corrected chi connectivity index (χ0v) is 20.4. The molecule has 1 aromatic rings. The highest BCUT2D eigenvalue weighted by Gasteiger charge is 2.34. The van der Waals surface area contributed by atoms with E-state index in [9.17, 15) is 14.4 Å². The van der Waals surface area contributed by atoms with Crippen LogP contribution in [0.1, 0.15) is 99.9 Å². The SMILES string of the molecule is CC(C)C(=O)C(NC(=O)c1cccc(C2CCCN(C(=O)C3CCC3)C2)c1)C1CCCCC1. The van der Waals surface area contributed by atoms with Crippen LogP contribution >= 0.6 is 0 Å². The van der Waals surface area contributed by atoms with E-state index >= 15 is 0 Å². The second-order valence-electron chi connectivity index (χ2n) is 10.8. The fourth-order valence-electron chi connectivity index (χ4n) is 5.77. The van der Waals surface area contributed by atoms with Crippen molar-refractivity contribution in [3.63, 3.8) is 0 Å². The van der Waals surface area contributed by atoms with Crippen LogP contribution in [0, 0.1) is 17.8 Å². The summed E-state index contributed by atoms with van der Waals surface area (Å²) in [7, 11) is 0. The minimum absolute atomic E-state index is 0.0926. The molecule has 0 bridgehead atoms. The summed E-state index contributed by atoms with van der Waals surface area (Å²) in [4.78, 5) is 41.0. The van der Waals surface area contributed by atoms with Gasteiger partial charge in [0.25, 0.3) is 5.91 Å². The van der Waals surface area contributed by atoms with Crippen molar-refractivity contribution in [1.82, 2.24) is 10.2 Å². The van der Waals surface area contributed by atoms with Crippen LogP contribution in [0.5, 0.6) is 0 Å². The van der Waals surface area contributed by atoms with E-state index in [1.807, 2.05) is 36.9 Å². The monoisotopic (exact) mass is 452 g/mol. The van der Waals surface area contributed by atoms with Crippen LogP contribution in [0.2, 0.25) is 0 Å². The number of ketones is 1. The molecule has 0 spiro atoms. The van der Waals surface area contributed by atoms with Gasteiger partial charge in [-0.05, 0) is 62.1 Å². The average Bonchev–Trinajstić information content (AvgIpc) is 2.81. The van der Waals surface area contributed by atoms with Crippen molar-refractivity contribution in [2.45, 2.75) is 90.0 Å². The Morgan fingerprint density at radius 2 is 1.70 bits per heavy atom. The van der Waals surface area contributed by atoms with Gasteiger partial charge < -0.3 is 10.2 Å². The van der Waals surface area contributed by atoms with E-state index in [4.69, 9.17) is 0 Å². The molecule has 4 rings (SSSR count). The Morgan fingerprint density at radius 1 is 0.939 bits per heavy atom. The zero-order valence-electron chi connectivity index (χ0n) is 20.4. The quantitative estimate of drug-likeness (QED) is 0.626. The van der Waals surface area contributed by atoms with E-state index in [-0.39, 0.29) is 35.4 Å². The summed E-state index contributed by atoms with van der Waals surface area (Å²) in [5.41, 5.74) is 1.74. The van der Waals surface area contributed by atoms with Gasteiger partial charge in [-0.2, -0.15) is 0 Å². The summed E-state index contributed by atoms with van der Waals surface area (Å²) in [6, 6.07) is 7.45. The molecule has 180 valence electrons. The molecule has 5 nitrogen and oxygen atoms in total. The van der Waals surface area contributed by atoms with Crippen LogP contribution in [0.3, 0.4) is 0 Å². The van der Waals surface area contributed by atoms with Crippen LogP contribution in [-0.2, 0) is 9.59 Å². The van der Waals surface area contributed by atoms with Crippen molar-refractivity contribution in [2.24, 2.45) is 17.8 Å². The zero-order chi connectivity index (χ0) is 23.4. The van der Waals surface area contributed by atoms with Crippen LogP contribution in [0.4, 0.5) is 0 Å². The number of carbonyl (C=O) groups is 3. The van der Waals surface area contributed by atoms with E-state index in [0.29, 0.717) is 11.5 Å². The van der Waals surface area contributed by atoms with Gasteiger partial charge in [0.2, 0.25) is 5.91 Å². The topological polar surface area (TPSA) is 66.5 Å². The number of benzene rings is 1. The summed E-state index contributed by atoms with van der Waals surface area (Å²) in [5.74, 6) is 0.957. The molecule has 3 aliphatic rings. The molecular formula is C28H40N2O3. The first-order valence-corrected chi connectivity index (χ1v) is 13.2. The molecule has 1 N–H and O–H groups in total. The van der Waals surface area contributed by atoms with Crippen molar-refractivity contribution < 1.29 is 14.4 Å². The van der Waals surface area contributed by atoms with Crippen molar-refractivity contribution in [2.75, 3.05) is 13.1 Å². The summed E-state index contributed by atoms with van der Waals surface area (Å²) >= 11 is 0. The number of Topliss-reactive ketones (excluding diaryl/α,β-unsaturated/α-hetero) is 1. The van der Waals surface area contributed by atoms with Crippen molar-refractivity contribution in [3.05, 3.63) is 35.4 Å². The summed E-state index contributed by atoms with van der Waals surface area (Å²) < 4.78 is 0. The number of rotatable bonds is 7. The molecule has 1 aliphatic heterocycles. The first-order chi connectivity index (χ1) is 15.9. The number of hydrogen-bond donors (Lipinski definition) is 1. The van der Waals surface area contributed by atoms with Gasteiger partial charge in [-0.3, -0.25) is 14.4 Å². The van der Waals surface area contributed by atoms with Crippen LogP contribution in [0.25, 0.3) is 0 Å². The molecule has 0 aromatic heterocycles. The van der Waals surface area contributed by atoms with E-state index < -0.39 is 6.04 Å². The van der Waals surface area contributed by atoms with Gasteiger partial charge in [0.15, 0.2) is 5.78 Å². The minimum Gasteiger partial charge on any atom is -0.342 e. The lowest BCUT2D eigenvalue weighted by molar-refractivity contribution is -0.139. The lowest BCUT2D eigenvalue weighted by Crippen LogP contribution is -2.48. The smallest absolute Gasteiger partial charge is 0.251 e. The standard InChI is InChI=1S/C28H40N2O3/c1-19(2)26(31)25(20-9-4-3-5-10-20)29-27(32)23-14-7-13-22(17-23)24-15-8-16-30(18-24)28(33)21-11-6-12-21/h7,13-14,17,19-21,24-25H,3-6,8-12,15-16,18H2,1-2H3,(H,29,32). The third-order valence-electron chi connectivity index (χ3n) is 8.09. The van der Waals surface area contributed by atoms with Crippen LogP contribution in [-0.4, -0.2) is 41.6 Å². The first-order valence-electron chi connectivity index (χ1n) is 13.2.